The highest BCUT2D eigenvalue weighted by Gasteiger charge is 2.32. The van der Waals surface area contributed by atoms with Crippen LogP contribution in [0, 0.1) is 0 Å². The van der Waals surface area contributed by atoms with Crippen LogP contribution in [0.15, 0.2) is 72.8 Å². The molecule has 7 heteroatoms. The Bertz CT molecular complexity index is 1190. The Labute approximate surface area is 191 Å². The number of fused-ring (bicyclic) bond motifs is 3. The highest BCUT2D eigenvalue weighted by molar-refractivity contribution is 6.00. The number of carboxylic acids is 1. The lowest BCUT2D eigenvalue weighted by atomic mass is 9.98. The number of nitrogens with one attached hydrogen (secondary N) is 2. The zero-order chi connectivity index (χ0) is 23.6. The van der Waals surface area contributed by atoms with Crippen molar-refractivity contribution in [1.82, 2.24) is 5.32 Å². The highest BCUT2D eigenvalue weighted by atomic mass is 16.5. The molecule has 0 unspecified atom stereocenters. The molecule has 0 aromatic heterocycles. The summed E-state index contributed by atoms with van der Waals surface area (Å²) in [4.78, 5) is 36.4. The van der Waals surface area contributed by atoms with Crippen molar-refractivity contribution in [2.75, 3.05) is 11.9 Å². The molecule has 0 spiro atoms. The Morgan fingerprint density at radius 1 is 0.909 bits per heavy atom. The van der Waals surface area contributed by atoms with Crippen molar-refractivity contribution in [2.45, 2.75) is 25.3 Å². The summed E-state index contributed by atoms with van der Waals surface area (Å²) < 4.78 is 5.52. The number of hydrogen-bond donors (Lipinski definition) is 3. The number of anilines is 1. The summed E-state index contributed by atoms with van der Waals surface area (Å²) in [7, 11) is 0. The molecule has 168 valence electrons. The minimum absolute atomic E-state index is 0.0510. The van der Waals surface area contributed by atoms with E-state index in [9.17, 15) is 14.4 Å². The molecule has 0 saturated heterocycles. The molecule has 3 N–H and O–H groups in total. The van der Waals surface area contributed by atoms with Crippen LogP contribution >= 0.6 is 0 Å². The van der Waals surface area contributed by atoms with Gasteiger partial charge in [-0.3, -0.25) is 4.79 Å². The first-order chi connectivity index (χ1) is 15.8. The van der Waals surface area contributed by atoms with E-state index in [4.69, 9.17) is 9.84 Å². The summed E-state index contributed by atoms with van der Waals surface area (Å²) in [6, 6.07) is 22.0. The summed E-state index contributed by atoms with van der Waals surface area (Å²) in [5.41, 5.74) is 3.54. The zero-order valence-electron chi connectivity index (χ0n) is 18.3. The van der Waals surface area contributed by atoms with Crippen LogP contribution in [0.3, 0.4) is 0 Å². The van der Waals surface area contributed by atoms with Crippen molar-refractivity contribution in [2.24, 2.45) is 0 Å². The van der Waals surface area contributed by atoms with Crippen molar-refractivity contribution in [3.63, 3.8) is 0 Å². The number of ether oxygens (including phenoxy) is 1. The fraction of sp³-hybridized carbons (Fsp3) is 0.192. The summed E-state index contributed by atoms with van der Waals surface area (Å²) in [6.07, 6.45) is -0.712. The number of alkyl carbamates (subject to hydrolysis) is 1. The molecule has 33 heavy (non-hydrogen) atoms. The van der Waals surface area contributed by atoms with E-state index in [2.05, 4.69) is 22.8 Å². The monoisotopic (exact) mass is 444 g/mol. The Kier molecular flexibility index (Phi) is 5.87. The van der Waals surface area contributed by atoms with Crippen LogP contribution in [0.4, 0.5) is 10.5 Å². The van der Waals surface area contributed by atoms with Crippen LogP contribution in [-0.4, -0.2) is 35.2 Å². The molecule has 0 aliphatic heterocycles. The largest absolute Gasteiger partial charge is 0.478 e. The maximum absolute atomic E-state index is 12.7. The fourth-order valence-electron chi connectivity index (χ4n) is 3.96. The molecule has 0 saturated carbocycles. The van der Waals surface area contributed by atoms with Gasteiger partial charge in [-0.15, -0.1) is 0 Å². The lowest BCUT2D eigenvalue weighted by Gasteiger charge is -2.25. The van der Waals surface area contributed by atoms with Crippen molar-refractivity contribution >= 4 is 23.7 Å². The van der Waals surface area contributed by atoms with Gasteiger partial charge in [-0.1, -0.05) is 54.6 Å². The van der Waals surface area contributed by atoms with Crippen molar-refractivity contribution in [3.8, 4) is 11.1 Å². The van der Waals surface area contributed by atoms with Crippen LogP contribution in [0.1, 0.15) is 41.3 Å². The molecule has 0 heterocycles. The molecular formula is C26H24N2O5. The highest BCUT2D eigenvalue weighted by Crippen LogP contribution is 2.44. The number of aromatic carboxylic acids is 1. The summed E-state index contributed by atoms with van der Waals surface area (Å²) in [6.45, 7) is 3.23. The molecule has 2 amide bonds. The first-order valence-corrected chi connectivity index (χ1v) is 10.5. The van der Waals surface area contributed by atoms with Crippen LogP contribution < -0.4 is 10.6 Å². The molecule has 0 bridgehead atoms. The topological polar surface area (TPSA) is 105 Å². The Balaban J connectivity index is 1.40. The minimum Gasteiger partial charge on any atom is -0.478 e. The number of hydrogen-bond acceptors (Lipinski definition) is 4. The van der Waals surface area contributed by atoms with Gasteiger partial charge in [0.1, 0.15) is 12.1 Å². The smallest absolute Gasteiger partial charge is 0.408 e. The summed E-state index contributed by atoms with van der Waals surface area (Å²) >= 11 is 0. The van der Waals surface area contributed by atoms with E-state index in [0.29, 0.717) is 5.69 Å². The van der Waals surface area contributed by atoms with Crippen LogP contribution in [0.25, 0.3) is 11.1 Å². The average molecular weight is 444 g/mol. The van der Waals surface area contributed by atoms with E-state index in [1.54, 1.807) is 19.9 Å². The molecule has 4 rings (SSSR count). The van der Waals surface area contributed by atoms with E-state index in [1.807, 2.05) is 36.4 Å². The van der Waals surface area contributed by atoms with E-state index < -0.39 is 23.5 Å². The molecule has 7 nitrogen and oxygen atoms in total. The number of rotatable bonds is 6. The number of carboxylic acid groups (broad SMARTS) is 1. The Morgan fingerprint density at radius 2 is 1.52 bits per heavy atom. The van der Waals surface area contributed by atoms with Gasteiger partial charge >= 0.3 is 12.1 Å². The van der Waals surface area contributed by atoms with Crippen LogP contribution in [-0.2, 0) is 9.53 Å². The van der Waals surface area contributed by atoms with E-state index in [-0.39, 0.29) is 18.1 Å². The van der Waals surface area contributed by atoms with Gasteiger partial charge in [-0.05, 0) is 54.3 Å². The number of carbonyl (C=O) groups excluding carboxylic acids is 2. The predicted octanol–water partition coefficient (Wildman–Crippen LogP) is 4.64. The van der Waals surface area contributed by atoms with Gasteiger partial charge in [0.15, 0.2) is 0 Å². The molecule has 3 aromatic carbocycles. The van der Waals surface area contributed by atoms with E-state index in [0.717, 1.165) is 22.3 Å². The first-order valence-electron chi connectivity index (χ1n) is 10.5. The number of benzene rings is 3. The minimum atomic E-state index is -1.29. The number of carbonyl (C=O) groups is 3. The second kappa shape index (κ2) is 8.78. The normalized spacial score (nSPS) is 12.4. The van der Waals surface area contributed by atoms with Gasteiger partial charge in [-0.2, -0.15) is 0 Å². The third-order valence-electron chi connectivity index (χ3n) is 5.69. The first kappa shape index (κ1) is 22.1. The Morgan fingerprint density at radius 3 is 2.12 bits per heavy atom. The van der Waals surface area contributed by atoms with Gasteiger partial charge in [0.05, 0.1) is 5.56 Å². The SMILES string of the molecule is CC(C)(NC(=O)OCC1c2ccccc2-c2ccccc21)C(=O)Nc1cccc(C(=O)O)c1. The molecule has 0 atom stereocenters. The van der Waals surface area contributed by atoms with Crippen molar-refractivity contribution < 1.29 is 24.2 Å². The second-order valence-electron chi connectivity index (χ2n) is 8.42. The van der Waals surface area contributed by atoms with E-state index >= 15 is 0 Å². The molecule has 1 aliphatic carbocycles. The third kappa shape index (κ3) is 4.57. The Hall–Kier alpha value is -4.13. The maximum Gasteiger partial charge on any atom is 0.408 e. The van der Waals surface area contributed by atoms with Crippen molar-refractivity contribution in [1.29, 1.82) is 0 Å². The quantitative estimate of drug-likeness (QED) is 0.514. The third-order valence-corrected chi connectivity index (χ3v) is 5.69. The molecule has 1 aliphatic rings. The molecule has 3 aromatic rings. The van der Waals surface area contributed by atoms with Crippen molar-refractivity contribution in [3.05, 3.63) is 89.5 Å². The lowest BCUT2D eigenvalue weighted by Crippen LogP contribution is -2.52. The second-order valence-corrected chi connectivity index (χ2v) is 8.42. The molecule has 0 radical (unpaired) electrons. The fourth-order valence-corrected chi connectivity index (χ4v) is 3.96. The van der Waals surface area contributed by atoms with Gasteiger partial charge in [0, 0.05) is 11.6 Å². The summed E-state index contributed by atoms with van der Waals surface area (Å²) in [5.74, 6) is -1.68. The molecular weight excluding hydrogens is 420 g/mol. The number of amides is 2. The lowest BCUT2D eigenvalue weighted by molar-refractivity contribution is -0.121. The summed E-state index contributed by atoms with van der Waals surface area (Å²) in [5, 5.41) is 14.3. The van der Waals surface area contributed by atoms with Gasteiger partial charge in [0.2, 0.25) is 5.91 Å². The average Bonchev–Trinajstić information content (AvgIpc) is 3.11. The van der Waals surface area contributed by atoms with Gasteiger partial charge in [-0.25, -0.2) is 9.59 Å². The zero-order valence-corrected chi connectivity index (χ0v) is 18.3. The van der Waals surface area contributed by atoms with Crippen LogP contribution in [0.2, 0.25) is 0 Å². The van der Waals surface area contributed by atoms with Gasteiger partial charge in [0.25, 0.3) is 0 Å². The predicted molar refractivity (Wildman–Crippen MR) is 124 cm³/mol. The maximum atomic E-state index is 12.7. The van der Waals surface area contributed by atoms with Gasteiger partial charge < -0.3 is 20.5 Å². The standard InChI is InChI=1S/C26H24N2O5/c1-26(2,24(31)27-17-9-7-8-16(14-17)23(29)30)28-25(32)33-15-22-20-12-5-3-10-18(20)19-11-4-6-13-21(19)22/h3-14,22H,15H2,1-2H3,(H,27,31)(H,28,32)(H,29,30). The molecule has 0 fully saturated rings. The van der Waals surface area contributed by atoms with Crippen LogP contribution in [0.5, 0.6) is 0 Å². The van der Waals surface area contributed by atoms with E-state index in [1.165, 1.54) is 18.2 Å².